The van der Waals surface area contributed by atoms with Crippen LogP contribution in [0.3, 0.4) is 0 Å². The maximum absolute atomic E-state index is 13.8. The number of thiazole rings is 2. The molecule has 0 radical (unpaired) electrons. The van der Waals surface area contributed by atoms with E-state index in [1.54, 1.807) is 12.2 Å². The summed E-state index contributed by atoms with van der Waals surface area (Å²) in [5.74, 6) is -1.15. The third-order valence-corrected chi connectivity index (χ3v) is 13.8. The van der Waals surface area contributed by atoms with Gasteiger partial charge in [-0.3, -0.25) is 19.2 Å². The standard InChI is InChI=1S/C50H26N2O4S2/c1-23-11-37-38(49-43(23)51-41(57-49)21-39-45(53)33-17-29-13-25-7-3-4-8-26(25)14-30(29)18-34(33)46(39)54)12-24(2)44-50(37)58-42(52-44)22-40-47(55)35-19-31-15-27-9-5-6-10-28(27)16-32(31)20-36(35)48(40)56/h3-22H,1-2H3. The highest BCUT2D eigenvalue weighted by Crippen LogP contribution is 2.42. The SMILES string of the molecule is Cc1cc2c(cc(C)c3nc(C=C4C(=O)c5cc6cc7ccccc7cc6cc5C4=O)sc32)c2sc(C=C3C(=O)c4cc5cc6ccccc6cc5cc4C3=O)nc12. The first-order valence-electron chi connectivity index (χ1n) is 18.9. The number of aromatic nitrogens is 2. The summed E-state index contributed by atoms with van der Waals surface area (Å²) < 4.78 is 1.90. The summed E-state index contributed by atoms with van der Waals surface area (Å²) in [6, 6.07) is 35.9. The molecule has 8 aromatic carbocycles. The molecule has 0 atom stereocenters. The van der Waals surface area contributed by atoms with E-state index in [9.17, 15) is 19.2 Å². The second kappa shape index (κ2) is 11.8. The average molecular weight is 783 g/mol. The van der Waals surface area contributed by atoms with Crippen molar-refractivity contribution in [3.63, 3.8) is 0 Å². The van der Waals surface area contributed by atoms with Gasteiger partial charge in [0.1, 0.15) is 10.0 Å². The van der Waals surface area contributed by atoms with Crippen LogP contribution in [0.5, 0.6) is 0 Å². The molecule has 58 heavy (non-hydrogen) atoms. The van der Waals surface area contributed by atoms with Gasteiger partial charge in [-0.15, -0.1) is 22.7 Å². The lowest BCUT2D eigenvalue weighted by atomic mass is 9.99. The molecule has 0 spiro atoms. The molecule has 2 heterocycles. The predicted molar refractivity (Wildman–Crippen MR) is 236 cm³/mol. The number of aryl methyl sites for hydroxylation is 2. The molecule has 12 rings (SSSR count). The summed E-state index contributed by atoms with van der Waals surface area (Å²) in [6.45, 7) is 4.01. The highest BCUT2D eigenvalue weighted by atomic mass is 32.1. The van der Waals surface area contributed by atoms with Crippen molar-refractivity contribution in [2.45, 2.75) is 13.8 Å². The van der Waals surface area contributed by atoms with E-state index < -0.39 is 0 Å². The van der Waals surface area contributed by atoms with Crippen molar-refractivity contribution in [1.82, 2.24) is 9.97 Å². The van der Waals surface area contributed by atoms with Gasteiger partial charge >= 0.3 is 0 Å². The van der Waals surface area contributed by atoms with Crippen LogP contribution in [0.1, 0.15) is 62.6 Å². The van der Waals surface area contributed by atoms with Gasteiger partial charge in [0, 0.05) is 33.0 Å². The van der Waals surface area contributed by atoms with Crippen molar-refractivity contribution < 1.29 is 19.2 Å². The van der Waals surface area contributed by atoms with Crippen molar-refractivity contribution in [2.24, 2.45) is 0 Å². The Morgan fingerprint density at radius 1 is 0.414 bits per heavy atom. The Morgan fingerprint density at radius 3 is 1.03 bits per heavy atom. The second-order valence-corrected chi connectivity index (χ2v) is 17.3. The summed E-state index contributed by atoms with van der Waals surface area (Å²) in [7, 11) is 0. The Labute approximate surface area is 337 Å². The van der Waals surface area contributed by atoms with E-state index >= 15 is 0 Å². The van der Waals surface area contributed by atoms with Gasteiger partial charge in [0.2, 0.25) is 0 Å². The Balaban J connectivity index is 0.929. The smallest absolute Gasteiger partial charge is 0.197 e. The number of benzene rings is 8. The fourth-order valence-corrected chi connectivity index (χ4v) is 11.0. The van der Waals surface area contributed by atoms with Crippen LogP contribution in [0.25, 0.3) is 86.4 Å². The third kappa shape index (κ3) is 4.70. The normalized spacial score (nSPS) is 14.1. The number of allylic oxidation sites excluding steroid dienone is 2. The molecular formula is C50H26N2O4S2. The van der Waals surface area contributed by atoms with E-state index in [-0.39, 0.29) is 34.3 Å². The van der Waals surface area contributed by atoms with E-state index in [1.165, 1.54) is 22.7 Å². The fourth-order valence-electron chi connectivity index (χ4n) is 8.83. The van der Waals surface area contributed by atoms with Crippen molar-refractivity contribution in [3.05, 3.63) is 164 Å². The summed E-state index contributed by atoms with van der Waals surface area (Å²) in [5.41, 5.74) is 5.43. The molecule has 0 fully saturated rings. The molecular weight excluding hydrogens is 757 g/mol. The zero-order valence-corrected chi connectivity index (χ0v) is 32.5. The van der Waals surface area contributed by atoms with E-state index in [4.69, 9.17) is 9.97 Å². The van der Waals surface area contributed by atoms with Crippen molar-refractivity contribution in [3.8, 4) is 0 Å². The van der Waals surface area contributed by atoms with Gasteiger partial charge in [-0.25, -0.2) is 9.97 Å². The van der Waals surface area contributed by atoms with Gasteiger partial charge in [0.15, 0.2) is 23.1 Å². The Kier molecular flexibility index (Phi) is 6.73. The van der Waals surface area contributed by atoms with Gasteiger partial charge in [0.05, 0.1) is 31.6 Å². The summed E-state index contributed by atoms with van der Waals surface area (Å²) in [6.07, 6.45) is 3.28. The van der Waals surface area contributed by atoms with E-state index in [1.807, 2.05) is 86.6 Å². The van der Waals surface area contributed by atoms with Crippen LogP contribution in [0, 0.1) is 13.8 Å². The molecule has 2 aliphatic rings. The first-order valence-corrected chi connectivity index (χ1v) is 20.5. The zero-order chi connectivity index (χ0) is 39.1. The molecule has 6 nitrogen and oxygen atoms in total. The van der Waals surface area contributed by atoms with Gasteiger partial charge in [-0.05, 0) is 141 Å². The lowest BCUT2D eigenvalue weighted by Gasteiger charge is -2.05. The minimum absolute atomic E-state index is 0.120. The molecule has 0 bridgehead atoms. The number of fused-ring (bicyclic) bond motifs is 11. The average Bonchev–Trinajstić information content (AvgIpc) is 3.97. The number of Topliss-reactive ketones (excluding diaryl/α,β-unsaturated/α-hetero) is 4. The quantitative estimate of drug-likeness (QED) is 0.0984. The number of hydrogen-bond acceptors (Lipinski definition) is 8. The fraction of sp³-hybridized carbons (Fsp3) is 0.0400. The summed E-state index contributed by atoms with van der Waals surface area (Å²) in [4.78, 5) is 65.0. The molecule has 10 aromatic rings. The topological polar surface area (TPSA) is 94.1 Å². The molecule has 0 saturated heterocycles. The predicted octanol–water partition coefficient (Wildman–Crippen LogP) is 12.2. The first kappa shape index (κ1) is 33.2. The van der Waals surface area contributed by atoms with Gasteiger partial charge in [-0.1, -0.05) is 48.5 Å². The van der Waals surface area contributed by atoms with Crippen molar-refractivity contribution in [1.29, 1.82) is 0 Å². The van der Waals surface area contributed by atoms with Crippen LogP contribution in [-0.2, 0) is 0 Å². The minimum atomic E-state index is -0.288. The van der Waals surface area contributed by atoms with Gasteiger partial charge in [0.25, 0.3) is 0 Å². The lowest BCUT2D eigenvalue weighted by Crippen LogP contribution is -2.00. The molecule has 2 aliphatic carbocycles. The van der Waals surface area contributed by atoms with Crippen LogP contribution < -0.4 is 0 Å². The maximum Gasteiger partial charge on any atom is 0.197 e. The third-order valence-electron chi connectivity index (χ3n) is 11.7. The number of carbonyl (C=O) groups excluding carboxylic acids is 4. The molecule has 2 aromatic heterocycles. The van der Waals surface area contributed by atoms with Gasteiger partial charge < -0.3 is 0 Å². The molecule has 0 N–H and O–H groups in total. The monoisotopic (exact) mass is 782 g/mol. The summed E-state index contributed by atoms with van der Waals surface area (Å²) in [5, 5.41) is 11.1. The van der Waals surface area contributed by atoms with Crippen molar-refractivity contribution in [2.75, 3.05) is 0 Å². The second-order valence-electron chi connectivity index (χ2n) is 15.3. The summed E-state index contributed by atoms with van der Waals surface area (Å²) >= 11 is 2.90. The Morgan fingerprint density at radius 2 is 0.724 bits per heavy atom. The number of carbonyl (C=O) groups is 4. The lowest BCUT2D eigenvalue weighted by molar-refractivity contribution is 0.0975. The number of nitrogens with zero attached hydrogens (tertiary/aromatic N) is 2. The van der Waals surface area contributed by atoms with Crippen LogP contribution in [0.4, 0.5) is 0 Å². The molecule has 0 aliphatic heterocycles. The minimum Gasteiger partial charge on any atom is -0.288 e. The van der Waals surface area contributed by atoms with E-state index in [0.717, 1.165) is 85.4 Å². The highest BCUT2D eigenvalue weighted by molar-refractivity contribution is 7.21. The molecule has 272 valence electrons. The molecule has 0 unspecified atom stereocenters. The number of ketones is 4. The highest BCUT2D eigenvalue weighted by Gasteiger charge is 2.35. The van der Waals surface area contributed by atoms with Crippen LogP contribution in [0.2, 0.25) is 0 Å². The largest absolute Gasteiger partial charge is 0.288 e. The number of hydrogen-bond donors (Lipinski definition) is 0. The maximum atomic E-state index is 13.8. The van der Waals surface area contributed by atoms with Crippen LogP contribution in [-0.4, -0.2) is 33.1 Å². The van der Waals surface area contributed by atoms with E-state index in [0.29, 0.717) is 32.3 Å². The molecule has 0 amide bonds. The Bertz CT molecular complexity index is 3340. The molecule has 8 heteroatoms. The number of rotatable bonds is 2. The molecule has 0 saturated carbocycles. The zero-order valence-electron chi connectivity index (χ0n) is 30.9. The van der Waals surface area contributed by atoms with E-state index in [2.05, 4.69) is 36.4 Å². The Hall–Kier alpha value is -7.00. The first-order chi connectivity index (χ1) is 28.2. The van der Waals surface area contributed by atoms with Crippen molar-refractivity contribution >= 4 is 132 Å². The van der Waals surface area contributed by atoms with Gasteiger partial charge in [-0.2, -0.15) is 0 Å². The van der Waals surface area contributed by atoms with Crippen LogP contribution in [0.15, 0.2) is 120 Å². The van der Waals surface area contributed by atoms with Crippen LogP contribution >= 0.6 is 22.7 Å².